The summed E-state index contributed by atoms with van der Waals surface area (Å²) in [4.78, 5) is 14.2. The van der Waals surface area contributed by atoms with Gasteiger partial charge in [0, 0.05) is 18.3 Å². The summed E-state index contributed by atoms with van der Waals surface area (Å²) >= 11 is 0. The zero-order valence-corrected chi connectivity index (χ0v) is 11.0. The number of nitrogens with one attached hydrogen (secondary N) is 1. The normalized spacial score (nSPS) is 27.1. The molecule has 18 heavy (non-hydrogen) atoms. The van der Waals surface area contributed by atoms with E-state index in [0.29, 0.717) is 12.0 Å². The largest absolute Gasteiger partial charge is 0.310 e. The molecule has 2 heterocycles. The lowest BCUT2D eigenvalue weighted by molar-refractivity contribution is -0.121. The molecular weight excluding hydrogens is 224 g/mol. The number of hydrogen-bond donors (Lipinski definition) is 1. The van der Waals surface area contributed by atoms with Crippen LogP contribution in [0.5, 0.6) is 0 Å². The van der Waals surface area contributed by atoms with Crippen molar-refractivity contribution in [3.05, 3.63) is 29.8 Å². The first-order valence-corrected chi connectivity index (χ1v) is 6.82. The van der Waals surface area contributed by atoms with Gasteiger partial charge >= 0.3 is 0 Å². The zero-order chi connectivity index (χ0) is 12.7. The fourth-order valence-corrected chi connectivity index (χ4v) is 2.93. The van der Waals surface area contributed by atoms with E-state index < -0.39 is 0 Å². The molecule has 3 heteroatoms. The Morgan fingerprint density at radius 3 is 2.61 bits per heavy atom. The van der Waals surface area contributed by atoms with Crippen molar-refractivity contribution >= 4 is 11.6 Å². The average molecular weight is 244 g/mol. The summed E-state index contributed by atoms with van der Waals surface area (Å²) in [6.45, 7) is 5.19. The molecule has 96 valence electrons. The third-order valence-corrected chi connectivity index (χ3v) is 4.08. The van der Waals surface area contributed by atoms with Crippen LogP contribution in [-0.4, -0.2) is 24.5 Å². The molecule has 0 radical (unpaired) electrons. The molecule has 2 saturated heterocycles. The highest BCUT2D eigenvalue weighted by molar-refractivity contribution is 5.98. The Morgan fingerprint density at radius 2 is 1.94 bits per heavy atom. The van der Waals surface area contributed by atoms with Gasteiger partial charge in [-0.1, -0.05) is 26.0 Å². The van der Waals surface area contributed by atoms with Crippen LogP contribution >= 0.6 is 0 Å². The number of rotatable bonds is 2. The molecule has 0 saturated carbocycles. The van der Waals surface area contributed by atoms with Gasteiger partial charge in [-0.2, -0.15) is 0 Å². The second-order valence-electron chi connectivity index (χ2n) is 5.69. The van der Waals surface area contributed by atoms with Gasteiger partial charge in [-0.15, -0.1) is 0 Å². The maximum absolute atomic E-state index is 12.3. The Balaban J connectivity index is 1.84. The fraction of sp³-hybridized carbons (Fsp3) is 0.533. The van der Waals surface area contributed by atoms with E-state index in [4.69, 9.17) is 0 Å². The molecule has 3 rings (SSSR count). The lowest BCUT2D eigenvalue weighted by atomic mass is 10.0. The molecule has 1 amide bonds. The minimum Gasteiger partial charge on any atom is -0.310 e. The number of benzene rings is 1. The molecule has 2 unspecified atom stereocenters. The number of piperazine rings is 1. The minimum absolute atomic E-state index is 0.0496. The summed E-state index contributed by atoms with van der Waals surface area (Å²) in [6, 6.07) is 8.97. The van der Waals surface area contributed by atoms with Gasteiger partial charge in [0.25, 0.3) is 0 Å². The summed E-state index contributed by atoms with van der Waals surface area (Å²) in [5, 5.41) is 3.38. The van der Waals surface area contributed by atoms with Gasteiger partial charge in [-0.25, -0.2) is 0 Å². The van der Waals surface area contributed by atoms with Crippen LogP contribution in [0.15, 0.2) is 24.3 Å². The van der Waals surface area contributed by atoms with Crippen molar-refractivity contribution < 1.29 is 4.79 Å². The number of anilines is 1. The first-order valence-electron chi connectivity index (χ1n) is 6.82. The number of fused-ring (bicyclic) bond motifs is 2. The highest BCUT2D eigenvalue weighted by Gasteiger charge is 2.39. The molecule has 1 aromatic rings. The molecule has 1 aromatic carbocycles. The van der Waals surface area contributed by atoms with Gasteiger partial charge in [0.15, 0.2) is 0 Å². The molecular formula is C15H20N2O. The van der Waals surface area contributed by atoms with E-state index in [2.05, 4.69) is 43.4 Å². The molecule has 2 bridgehead atoms. The highest BCUT2D eigenvalue weighted by atomic mass is 16.2. The third-order valence-electron chi connectivity index (χ3n) is 4.08. The maximum Gasteiger partial charge on any atom is 0.244 e. The van der Waals surface area contributed by atoms with Crippen LogP contribution in [-0.2, 0) is 4.79 Å². The number of amides is 1. The van der Waals surface area contributed by atoms with Crippen molar-refractivity contribution in [2.45, 2.75) is 44.7 Å². The van der Waals surface area contributed by atoms with Gasteiger partial charge in [0.05, 0.1) is 6.04 Å². The lowest BCUT2D eigenvalue weighted by Crippen LogP contribution is -2.55. The molecule has 2 fully saturated rings. The number of carbonyl (C=O) groups is 1. The third kappa shape index (κ3) is 1.93. The van der Waals surface area contributed by atoms with Crippen LogP contribution in [0.25, 0.3) is 0 Å². The van der Waals surface area contributed by atoms with Crippen LogP contribution in [0.3, 0.4) is 0 Å². The molecule has 1 N–H and O–H groups in total. The van der Waals surface area contributed by atoms with Crippen LogP contribution in [0.2, 0.25) is 0 Å². The number of hydrogen-bond acceptors (Lipinski definition) is 2. The molecule has 2 aliphatic heterocycles. The first-order chi connectivity index (χ1) is 8.65. The fourth-order valence-electron chi connectivity index (χ4n) is 2.93. The van der Waals surface area contributed by atoms with Gasteiger partial charge in [0.1, 0.15) is 0 Å². The highest BCUT2D eigenvalue weighted by Crippen LogP contribution is 2.27. The molecule has 0 aromatic heterocycles. The molecule has 3 nitrogen and oxygen atoms in total. The topological polar surface area (TPSA) is 32.3 Å². The molecule has 0 spiro atoms. The predicted octanol–water partition coefficient (Wildman–Crippen LogP) is 2.28. The quantitative estimate of drug-likeness (QED) is 0.865. The van der Waals surface area contributed by atoms with Gasteiger partial charge < -0.3 is 10.2 Å². The van der Waals surface area contributed by atoms with Gasteiger partial charge in [0.2, 0.25) is 5.91 Å². The van der Waals surface area contributed by atoms with Crippen LogP contribution in [0.4, 0.5) is 5.69 Å². The summed E-state index contributed by atoms with van der Waals surface area (Å²) in [6.07, 6.45) is 2.11. The monoisotopic (exact) mass is 244 g/mol. The van der Waals surface area contributed by atoms with Crippen molar-refractivity contribution in [1.82, 2.24) is 5.32 Å². The maximum atomic E-state index is 12.3. The van der Waals surface area contributed by atoms with E-state index in [0.717, 1.165) is 25.1 Å². The zero-order valence-electron chi connectivity index (χ0n) is 11.0. The average Bonchev–Trinajstić information content (AvgIpc) is 2.78. The smallest absolute Gasteiger partial charge is 0.244 e. The van der Waals surface area contributed by atoms with Crippen LogP contribution in [0, 0.1) is 0 Å². The van der Waals surface area contributed by atoms with Crippen LogP contribution < -0.4 is 10.2 Å². The van der Waals surface area contributed by atoms with E-state index in [1.165, 1.54) is 5.56 Å². The molecule has 2 atom stereocenters. The Hall–Kier alpha value is -1.35. The van der Waals surface area contributed by atoms with E-state index >= 15 is 0 Å². The van der Waals surface area contributed by atoms with E-state index in [-0.39, 0.29) is 11.9 Å². The summed E-state index contributed by atoms with van der Waals surface area (Å²) in [7, 11) is 0. The Labute approximate surface area is 108 Å². The summed E-state index contributed by atoms with van der Waals surface area (Å²) < 4.78 is 0. The Morgan fingerprint density at radius 1 is 1.22 bits per heavy atom. The van der Waals surface area contributed by atoms with E-state index in [1.807, 2.05) is 4.90 Å². The predicted molar refractivity (Wildman–Crippen MR) is 72.8 cm³/mol. The van der Waals surface area contributed by atoms with E-state index in [1.54, 1.807) is 0 Å². The minimum atomic E-state index is 0.0496. The second-order valence-corrected chi connectivity index (χ2v) is 5.69. The van der Waals surface area contributed by atoms with E-state index in [9.17, 15) is 4.79 Å². The SMILES string of the molecule is CC(C)c1ccc(N2CC3CCC(N3)C2=O)cc1. The summed E-state index contributed by atoms with van der Waals surface area (Å²) in [5.74, 6) is 0.773. The van der Waals surface area contributed by atoms with Crippen molar-refractivity contribution in [3.63, 3.8) is 0 Å². The number of carbonyl (C=O) groups excluding carboxylic acids is 1. The molecule has 0 aliphatic carbocycles. The van der Waals surface area contributed by atoms with Crippen molar-refractivity contribution in [2.24, 2.45) is 0 Å². The van der Waals surface area contributed by atoms with Crippen molar-refractivity contribution in [1.29, 1.82) is 0 Å². The van der Waals surface area contributed by atoms with Crippen molar-refractivity contribution in [3.8, 4) is 0 Å². The lowest BCUT2D eigenvalue weighted by Gasteiger charge is -2.32. The van der Waals surface area contributed by atoms with Crippen molar-refractivity contribution in [2.75, 3.05) is 11.4 Å². The molecule has 2 aliphatic rings. The number of nitrogens with zero attached hydrogens (tertiary/aromatic N) is 1. The summed E-state index contributed by atoms with van der Waals surface area (Å²) in [5.41, 5.74) is 2.37. The second kappa shape index (κ2) is 4.39. The first kappa shape index (κ1) is 11.7. The standard InChI is InChI=1S/C15H20N2O/c1-10(2)11-3-6-13(7-4-11)17-9-12-5-8-14(16-12)15(17)18/h3-4,6-7,10,12,14,16H,5,8-9H2,1-2H3. The Kier molecular flexibility index (Phi) is 2.86. The Bertz CT molecular complexity index is 452. The van der Waals surface area contributed by atoms with Crippen LogP contribution in [0.1, 0.15) is 38.2 Å². The van der Waals surface area contributed by atoms with Gasteiger partial charge in [-0.05, 0) is 36.5 Å². The van der Waals surface area contributed by atoms with Gasteiger partial charge in [-0.3, -0.25) is 4.79 Å².